The molecule has 1 unspecified atom stereocenters. The average Bonchev–Trinajstić information content (AvgIpc) is 2.71. The second-order valence-corrected chi connectivity index (χ2v) is 5.98. The Kier molecular flexibility index (Phi) is 6.52. The molecule has 0 amide bonds. The van der Waals surface area contributed by atoms with Gasteiger partial charge in [0.1, 0.15) is 30.5 Å². The standard InChI is InChI=1S/C23H22O5/c1-3-23(24)26-15-14-25-20-12-13-21-18(16-20)8-7-11-22(21)28-17(2)27-19-9-5-4-6-10-19/h3-13,16-17H,1,14-15H2,2H3. The summed E-state index contributed by atoms with van der Waals surface area (Å²) in [4.78, 5) is 11.0. The predicted molar refractivity (Wildman–Crippen MR) is 108 cm³/mol. The van der Waals surface area contributed by atoms with Crippen molar-refractivity contribution in [2.45, 2.75) is 13.2 Å². The Balaban J connectivity index is 1.64. The van der Waals surface area contributed by atoms with Crippen molar-refractivity contribution < 1.29 is 23.7 Å². The summed E-state index contributed by atoms with van der Waals surface area (Å²) in [6.45, 7) is 5.64. The predicted octanol–water partition coefficient (Wildman–Crippen LogP) is 4.75. The van der Waals surface area contributed by atoms with E-state index in [0.29, 0.717) is 5.75 Å². The monoisotopic (exact) mass is 378 g/mol. The molecule has 0 aromatic heterocycles. The van der Waals surface area contributed by atoms with E-state index in [9.17, 15) is 4.79 Å². The van der Waals surface area contributed by atoms with Gasteiger partial charge in [-0.25, -0.2) is 4.79 Å². The van der Waals surface area contributed by atoms with Gasteiger partial charge in [0, 0.05) is 18.4 Å². The lowest BCUT2D eigenvalue weighted by molar-refractivity contribution is -0.138. The van der Waals surface area contributed by atoms with Gasteiger partial charge in [-0.05, 0) is 41.8 Å². The number of para-hydroxylation sites is 1. The van der Waals surface area contributed by atoms with E-state index in [1.165, 1.54) is 0 Å². The molecular formula is C23H22O5. The van der Waals surface area contributed by atoms with E-state index >= 15 is 0 Å². The van der Waals surface area contributed by atoms with Crippen molar-refractivity contribution in [1.82, 2.24) is 0 Å². The minimum atomic E-state index is -0.462. The fourth-order valence-electron chi connectivity index (χ4n) is 2.68. The summed E-state index contributed by atoms with van der Waals surface area (Å²) in [7, 11) is 0. The Labute approximate surface area is 164 Å². The van der Waals surface area contributed by atoms with Gasteiger partial charge in [0.15, 0.2) is 0 Å². The maximum Gasteiger partial charge on any atom is 0.330 e. The van der Waals surface area contributed by atoms with Crippen LogP contribution >= 0.6 is 0 Å². The molecule has 3 rings (SSSR count). The Morgan fingerprint density at radius 1 is 0.964 bits per heavy atom. The van der Waals surface area contributed by atoms with Crippen molar-refractivity contribution in [3.63, 3.8) is 0 Å². The van der Waals surface area contributed by atoms with Gasteiger partial charge in [-0.2, -0.15) is 0 Å². The highest BCUT2D eigenvalue weighted by atomic mass is 16.7. The molecule has 28 heavy (non-hydrogen) atoms. The van der Waals surface area contributed by atoms with Crippen molar-refractivity contribution in [3.05, 3.63) is 79.4 Å². The number of carbonyl (C=O) groups excluding carboxylic acids is 1. The smallest absolute Gasteiger partial charge is 0.330 e. The van der Waals surface area contributed by atoms with Crippen LogP contribution in [0.1, 0.15) is 6.92 Å². The van der Waals surface area contributed by atoms with Crippen LogP contribution < -0.4 is 14.2 Å². The molecule has 144 valence electrons. The SMILES string of the molecule is C=CC(=O)OCCOc1ccc2c(OC(C)Oc3ccccc3)cccc2c1. The number of hydrogen-bond donors (Lipinski definition) is 0. The summed E-state index contributed by atoms with van der Waals surface area (Å²) in [5.74, 6) is 1.71. The molecule has 3 aromatic carbocycles. The van der Waals surface area contributed by atoms with Crippen molar-refractivity contribution in [1.29, 1.82) is 0 Å². The lowest BCUT2D eigenvalue weighted by atomic mass is 10.1. The van der Waals surface area contributed by atoms with Crippen LogP contribution in [0.4, 0.5) is 0 Å². The fraction of sp³-hybridized carbons (Fsp3) is 0.174. The van der Waals surface area contributed by atoms with Crippen LogP contribution in [0.15, 0.2) is 79.4 Å². The van der Waals surface area contributed by atoms with Crippen molar-refractivity contribution in [2.24, 2.45) is 0 Å². The van der Waals surface area contributed by atoms with E-state index < -0.39 is 12.3 Å². The van der Waals surface area contributed by atoms with Crippen molar-refractivity contribution in [3.8, 4) is 17.2 Å². The topological polar surface area (TPSA) is 54.0 Å². The van der Waals surface area contributed by atoms with Crippen molar-refractivity contribution in [2.75, 3.05) is 13.2 Å². The van der Waals surface area contributed by atoms with Gasteiger partial charge in [0.05, 0.1) is 0 Å². The molecule has 0 fully saturated rings. The van der Waals surface area contributed by atoms with E-state index in [1.807, 2.05) is 73.7 Å². The number of carbonyl (C=O) groups is 1. The molecule has 0 saturated carbocycles. The first-order chi connectivity index (χ1) is 13.7. The van der Waals surface area contributed by atoms with E-state index in [0.717, 1.165) is 28.3 Å². The van der Waals surface area contributed by atoms with Gasteiger partial charge in [-0.1, -0.05) is 36.9 Å². The van der Waals surface area contributed by atoms with Gasteiger partial charge in [-0.15, -0.1) is 0 Å². The van der Waals surface area contributed by atoms with Crippen LogP contribution in [-0.2, 0) is 9.53 Å². The molecule has 0 radical (unpaired) electrons. The van der Waals surface area contributed by atoms with E-state index in [4.69, 9.17) is 18.9 Å². The molecule has 1 atom stereocenters. The zero-order valence-corrected chi connectivity index (χ0v) is 15.7. The quantitative estimate of drug-likeness (QED) is 0.233. The van der Waals surface area contributed by atoms with Gasteiger partial charge < -0.3 is 18.9 Å². The molecule has 5 nitrogen and oxygen atoms in total. The molecule has 0 spiro atoms. The summed E-state index contributed by atoms with van der Waals surface area (Å²) in [5.41, 5.74) is 0. The average molecular weight is 378 g/mol. The Bertz CT molecular complexity index is 936. The van der Waals surface area contributed by atoms with Crippen LogP contribution in [0.25, 0.3) is 10.8 Å². The van der Waals surface area contributed by atoms with Crippen molar-refractivity contribution >= 4 is 16.7 Å². The van der Waals surface area contributed by atoms with Gasteiger partial charge in [-0.3, -0.25) is 0 Å². The van der Waals surface area contributed by atoms with E-state index in [1.54, 1.807) is 0 Å². The lowest BCUT2D eigenvalue weighted by Crippen LogP contribution is -2.19. The van der Waals surface area contributed by atoms with E-state index in [-0.39, 0.29) is 13.2 Å². The molecule has 0 aliphatic carbocycles. The largest absolute Gasteiger partial charge is 0.490 e. The molecule has 3 aromatic rings. The third kappa shape index (κ3) is 5.27. The number of esters is 1. The summed E-state index contributed by atoms with van der Waals surface area (Å²) >= 11 is 0. The zero-order valence-electron chi connectivity index (χ0n) is 15.7. The maximum atomic E-state index is 11.0. The Hall–Kier alpha value is -3.47. The van der Waals surface area contributed by atoms with Crippen LogP contribution in [0.5, 0.6) is 17.2 Å². The number of hydrogen-bond acceptors (Lipinski definition) is 5. The molecular weight excluding hydrogens is 356 g/mol. The molecule has 0 bridgehead atoms. The van der Waals surface area contributed by atoms with Crippen LogP contribution in [0.2, 0.25) is 0 Å². The zero-order chi connectivity index (χ0) is 19.8. The van der Waals surface area contributed by atoms with Crippen LogP contribution in [0.3, 0.4) is 0 Å². The summed E-state index contributed by atoms with van der Waals surface area (Å²) in [6, 6.07) is 21.1. The number of benzene rings is 3. The minimum Gasteiger partial charge on any atom is -0.490 e. The highest BCUT2D eigenvalue weighted by molar-refractivity contribution is 5.89. The molecule has 0 heterocycles. The van der Waals surface area contributed by atoms with Gasteiger partial charge in [0.25, 0.3) is 0 Å². The second-order valence-electron chi connectivity index (χ2n) is 5.98. The minimum absolute atomic E-state index is 0.167. The first-order valence-corrected chi connectivity index (χ1v) is 8.99. The normalized spacial score (nSPS) is 11.5. The third-order valence-corrected chi connectivity index (χ3v) is 3.91. The summed E-state index contributed by atoms with van der Waals surface area (Å²) in [5, 5.41) is 1.93. The second kappa shape index (κ2) is 9.46. The molecule has 0 N–H and O–H groups in total. The molecule has 0 aliphatic heterocycles. The maximum absolute atomic E-state index is 11.0. The molecule has 0 saturated heterocycles. The van der Waals surface area contributed by atoms with Crippen LogP contribution in [0, 0.1) is 0 Å². The van der Waals surface area contributed by atoms with Gasteiger partial charge >= 0.3 is 5.97 Å². The van der Waals surface area contributed by atoms with E-state index in [2.05, 4.69) is 6.58 Å². The Morgan fingerprint density at radius 3 is 2.57 bits per heavy atom. The Morgan fingerprint density at radius 2 is 1.79 bits per heavy atom. The first-order valence-electron chi connectivity index (χ1n) is 8.99. The number of ether oxygens (including phenoxy) is 4. The highest BCUT2D eigenvalue weighted by Crippen LogP contribution is 2.29. The van der Waals surface area contributed by atoms with Gasteiger partial charge in [0.2, 0.25) is 6.29 Å². The molecule has 5 heteroatoms. The van der Waals surface area contributed by atoms with Crippen LogP contribution in [-0.4, -0.2) is 25.5 Å². The third-order valence-electron chi connectivity index (χ3n) is 3.91. The number of rotatable bonds is 9. The first kappa shape index (κ1) is 19.3. The highest BCUT2D eigenvalue weighted by Gasteiger charge is 2.09. The summed E-state index contributed by atoms with van der Waals surface area (Å²) in [6.07, 6.45) is 0.684. The lowest BCUT2D eigenvalue weighted by Gasteiger charge is -2.18. The molecule has 0 aliphatic rings. The number of fused-ring (bicyclic) bond motifs is 1. The fourth-order valence-corrected chi connectivity index (χ4v) is 2.68. The summed E-state index contributed by atoms with van der Waals surface area (Å²) < 4.78 is 22.3.